The zero-order chi connectivity index (χ0) is 22.3. The van der Waals surface area contributed by atoms with Crippen LogP contribution >= 0.6 is 0 Å². The molecular formula is C23H26N2O5. The summed E-state index contributed by atoms with van der Waals surface area (Å²) >= 11 is 0. The van der Waals surface area contributed by atoms with Crippen LogP contribution in [0.25, 0.3) is 6.08 Å². The van der Waals surface area contributed by atoms with Gasteiger partial charge < -0.3 is 18.8 Å². The van der Waals surface area contributed by atoms with E-state index in [2.05, 4.69) is 11.5 Å². The first-order valence-corrected chi connectivity index (χ1v) is 9.57. The lowest BCUT2D eigenvalue weighted by Crippen LogP contribution is -2.16. The maximum atomic E-state index is 12.5. The third kappa shape index (κ3) is 5.09. The zero-order valence-corrected chi connectivity index (χ0v) is 17.9. The molecule has 30 heavy (non-hydrogen) atoms. The molecule has 2 aromatic rings. The SMILES string of the molecule is CCCn1c(C)cc(/C=C(\C#N)C(=O)OCC(=O)c2cc(OC)ccc2OC)c1C. The number of benzene rings is 1. The van der Waals surface area contributed by atoms with Crippen LogP contribution in [0.4, 0.5) is 0 Å². The van der Waals surface area contributed by atoms with Crippen molar-refractivity contribution in [3.8, 4) is 17.6 Å². The van der Waals surface area contributed by atoms with Gasteiger partial charge in [0, 0.05) is 17.9 Å². The number of hydrogen-bond donors (Lipinski definition) is 0. The molecule has 0 aliphatic rings. The predicted molar refractivity (Wildman–Crippen MR) is 113 cm³/mol. The molecule has 0 atom stereocenters. The normalized spacial score (nSPS) is 11.0. The van der Waals surface area contributed by atoms with Crippen molar-refractivity contribution < 1.29 is 23.8 Å². The number of ketones is 1. The first-order valence-electron chi connectivity index (χ1n) is 9.57. The maximum Gasteiger partial charge on any atom is 0.349 e. The molecule has 0 amide bonds. The van der Waals surface area contributed by atoms with Gasteiger partial charge in [0.05, 0.1) is 19.8 Å². The smallest absolute Gasteiger partial charge is 0.349 e. The minimum Gasteiger partial charge on any atom is -0.497 e. The summed E-state index contributed by atoms with van der Waals surface area (Å²) in [6.07, 6.45) is 2.47. The zero-order valence-electron chi connectivity index (χ0n) is 17.9. The fourth-order valence-electron chi connectivity index (χ4n) is 3.15. The van der Waals surface area contributed by atoms with E-state index in [1.165, 1.54) is 26.4 Å². The molecule has 0 N–H and O–H groups in total. The molecule has 7 heteroatoms. The summed E-state index contributed by atoms with van der Waals surface area (Å²) < 4.78 is 17.5. The van der Waals surface area contributed by atoms with Crippen LogP contribution in [0.5, 0.6) is 11.5 Å². The van der Waals surface area contributed by atoms with Crippen molar-refractivity contribution in [2.45, 2.75) is 33.7 Å². The molecular weight excluding hydrogens is 384 g/mol. The van der Waals surface area contributed by atoms with Crippen molar-refractivity contribution in [1.82, 2.24) is 4.57 Å². The molecule has 0 saturated carbocycles. The van der Waals surface area contributed by atoms with Gasteiger partial charge >= 0.3 is 5.97 Å². The Morgan fingerprint density at radius 2 is 1.90 bits per heavy atom. The van der Waals surface area contributed by atoms with Crippen molar-refractivity contribution in [2.24, 2.45) is 0 Å². The average molecular weight is 410 g/mol. The Balaban J connectivity index is 2.17. The number of carbonyl (C=O) groups excluding carboxylic acids is 2. The van der Waals surface area contributed by atoms with Crippen LogP contribution in [-0.4, -0.2) is 37.1 Å². The van der Waals surface area contributed by atoms with Crippen molar-refractivity contribution in [1.29, 1.82) is 5.26 Å². The highest BCUT2D eigenvalue weighted by atomic mass is 16.5. The minimum atomic E-state index is -0.854. The molecule has 0 bridgehead atoms. The maximum absolute atomic E-state index is 12.5. The summed E-state index contributed by atoms with van der Waals surface area (Å²) in [5, 5.41) is 9.41. The number of Topliss-reactive ketones (excluding diaryl/α,β-unsaturated/α-hetero) is 1. The molecule has 0 spiro atoms. The third-order valence-corrected chi connectivity index (χ3v) is 4.74. The minimum absolute atomic E-state index is 0.169. The van der Waals surface area contributed by atoms with Gasteiger partial charge in [-0.15, -0.1) is 0 Å². The summed E-state index contributed by atoms with van der Waals surface area (Å²) in [5.41, 5.74) is 2.85. The molecule has 0 fully saturated rings. The van der Waals surface area contributed by atoms with Crippen LogP contribution in [0, 0.1) is 25.2 Å². The van der Waals surface area contributed by atoms with Crippen molar-refractivity contribution in [2.75, 3.05) is 20.8 Å². The lowest BCUT2D eigenvalue weighted by atomic mass is 10.1. The molecule has 1 aromatic carbocycles. The van der Waals surface area contributed by atoms with Gasteiger partial charge in [0.15, 0.2) is 6.61 Å². The lowest BCUT2D eigenvalue weighted by molar-refractivity contribution is -0.137. The number of nitriles is 1. The highest BCUT2D eigenvalue weighted by Crippen LogP contribution is 2.24. The molecule has 0 aliphatic carbocycles. The van der Waals surface area contributed by atoms with E-state index in [1.54, 1.807) is 12.1 Å². The second-order valence-electron chi connectivity index (χ2n) is 6.71. The Bertz CT molecular complexity index is 1010. The number of nitrogens with zero attached hydrogens (tertiary/aromatic N) is 2. The number of rotatable bonds is 9. The van der Waals surface area contributed by atoms with E-state index < -0.39 is 18.4 Å². The number of hydrogen-bond acceptors (Lipinski definition) is 6. The van der Waals surface area contributed by atoms with Gasteiger partial charge in [-0.1, -0.05) is 6.92 Å². The summed E-state index contributed by atoms with van der Waals surface area (Å²) in [6, 6.07) is 8.55. The summed E-state index contributed by atoms with van der Waals surface area (Å²) in [4.78, 5) is 24.9. The number of aromatic nitrogens is 1. The molecule has 0 aliphatic heterocycles. The predicted octanol–water partition coefficient (Wildman–Crippen LogP) is 3.87. The monoisotopic (exact) mass is 410 g/mol. The topological polar surface area (TPSA) is 90.6 Å². The first-order chi connectivity index (χ1) is 14.4. The molecule has 0 saturated heterocycles. The average Bonchev–Trinajstić information content (AvgIpc) is 3.02. The number of aryl methyl sites for hydroxylation is 1. The van der Waals surface area contributed by atoms with Crippen molar-refractivity contribution in [3.05, 3.63) is 52.4 Å². The Morgan fingerprint density at radius 1 is 1.17 bits per heavy atom. The van der Waals surface area contributed by atoms with E-state index in [-0.39, 0.29) is 11.1 Å². The van der Waals surface area contributed by atoms with Gasteiger partial charge in [0.25, 0.3) is 0 Å². The van der Waals surface area contributed by atoms with E-state index in [0.29, 0.717) is 11.5 Å². The largest absolute Gasteiger partial charge is 0.497 e. The second kappa shape index (κ2) is 10.3. The highest BCUT2D eigenvalue weighted by Gasteiger charge is 2.19. The van der Waals surface area contributed by atoms with E-state index in [1.807, 2.05) is 26.0 Å². The van der Waals surface area contributed by atoms with Crippen LogP contribution < -0.4 is 9.47 Å². The van der Waals surface area contributed by atoms with Crippen LogP contribution in [0.3, 0.4) is 0 Å². The fraction of sp³-hybridized carbons (Fsp3) is 0.348. The van der Waals surface area contributed by atoms with E-state index in [0.717, 1.165) is 29.9 Å². The van der Waals surface area contributed by atoms with E-state index in [4.69, 9.17) is 14.2 Å². The number of esters is 1. The van der Waals surface area contributed by atoms with Gasteiger partial charge in [-0.25, -0.2) is 4.79 Å². The fourth-order valence-corrected chi connectivity index (χ4v) is 3.15. The molecule has 1 aromatic heterocycles. The van der Waals surface area contributed by atoms with Crippen molar-refractivity contribution in [3.63, 3.8) is 0 Å². The summed E-state index contributed by atoms with van der Waals surface area (Å²) in [5.74, 6) is -0.493. The van der Waals surface area contributed by atoms with Gasteiger partial charge in [-0.3, -0.25) is 4.79 Å². The van der Waals surface area contributed by atoms with Crippen LogP contribution in [-0.2, 0) is 16.1 Å². The Labute approximate surface area is 176 Å². The van der Waals surface area contributed by atoms with Gasteiger partial charge in [-0.2, -0.15) is 5.26 Å². The van der Waals surface area contributed by atoms with Gasteiger partial charge in [0.1, 0.15) is 23.1 Å². The van der Waals surface area contributed by atoms with Crippen LogP contribution in [0.1, 0.15) is 40.7 Å². The Kier molecular flexibility index (Phi) is 7.82. The molecule has 7 nitrogen and oxygen atoms in total. The molecule has 0 radical (unpaired) electrons. The third-order valence-electron chi connectivity index (χ3n) is 4.74. The van der Waals surface area contributed by atoms with Crippen LogP contribution in [0.15, 0.2) is 29.8 Å². The Hall–Kier alpha value is -3.53. The van der Waals surface area contributed by atoms with Crippen LogP contribution in [0.2, 0.25) is 0 Å². The molecule has 2 rings (SSSR count). The number of carbonyl (C=O) groups is 2. The number of methoxy groups -OCH3 is 2. The van der Waals surface area contributed by atoms with Gasteiger partial charge in [-0.05, 0) is 56.2 Å². The van der Waals surface area contributed by atoms with Crippen molar-refractivity contribution >= 4 is 17.8 Å². The molecule has 0 unspecified atom stereocenters. The molecule has 158 valence electrons. The second-order valence-corrected chi connectivity index (χ2v) is 6.71. The van der Waals surface area contributed by atoms with Gasteiger partial charge in [0.2, 0.25) is 5.78 Å². The summed E-state index contributed by atoms with van der Waals surface area (Å²) in [6.45, 7) is 6.34. The first kappa shape index (κ1) is 22.8. The molecule has 1 heterocycles. The lowest BCUT2D eigenvalue weighted by Gasteiger charge is -2.10. The van der Waals surface area contributed by atoms with E-state index >= 15 is 0 Å². The quantitative estimate of drug-likeness (QED) is 0.270. The van der Waals surface area contributed by atoms with E-state index in [9.17, 15) is 14.9 Å². The Morgan fingerprint density at radius 3 is 2.50 bits per heavy atom. The number of ether oxygens (including phenoxy) is 3. The summed E-state index contributed by atoms with van der Waals surface area (Å²) in [7, 11) is 2.92. The standard InChI is InChI=1S/C23H26N2O5/c1-6-9-25-15(2)10-17(16(25)3)11-18(13-24)23(27)30-14-21(26)20-12-19(28-4)7-8-22(20)29-5/h7-8,10-12H,6,9,14H2,1-5H3/b18-11+. The highest BCUT2D eigenvalue weighted by molar-refractivity contribution is 6.03.